The molecule has 0 aromatic heterocycles. The largest absolute Gasteiger partial charge is 0.329 e. The van der Waals surface area contributed by atoms with Crippen LogP contribution in [0.3, 0.4) is 0 Å². The second kappa shape index (κ2) is 8.26. The Bertz CT molecular complexity index is 227. The van der Waals surface area contributed by atoms with E-state index in [0.29, 0.717) is 11.5 Å². The summed E-state index contributed by atoms with van der Waals surface area (Å²) in [4.78, 5) is 2.60. The van der Waals surface area contributed by atoms with Crippen LogP contribution in [0.25, 0.3) is 0 Å². The van der Waals surface area contributed by atoms with Crippen molar-refractivity contribution in [3.05, 3.63) is 0 Å². The van der Waals surface area contributed by atoms with Crippen LogP contribution in [0.2, 0.25) is 0 Å². The standard InChI is InChI=1S/C17H36N2/c1-5-6-7-8-9-16(14-18)19(4)15-10-12-17(2,3)13-11-15/h15-16H,5-14,18H2,1-4H3. The highest BCUT2D eigenvalue weighted by Crippen LogP contribution is 2.37. The average molecular weight is 268 g/mol. The number of likely N-dealkylation sites (N-methyl/N-ethyl adjacent to an activating group) is 1. The monoisotopic (exact) mass is 268 g/mol. The molecule has 19 heavy (non-hydrogen) atoms. The van der Waals surface area contributed by atoms with Gasteiger partial charge < -0.3 is 5.73 Å². The molecule has 0 aromatic rings. The Morgan fingerprint density at radius 2 is 1.79 bits per heavy atom. The van der Waals surface area contributed by atoms with E-state index < -0.39 is 0 Å². The molecule has 1 fully saturated rings. The number of unbranched alkanes of at least 4 members (excludes halogenated alkanes) is 3. The Balaban J connectivity index is 2.34. The van der Waals surface area contributed by atoms with Crippen molar-refractivity contribution in [3.63, 3.8) is 0 Å². The molecule has 2 nitrogen and oxygen atoms in total. The SMILES string of the molecule is CCCCCCC(CN)N(C)C1CCC(C)(C)CC1. The molecule has 2 N–H and O–H groups in total. The Labute approximate surface area is 121 Å². The number of nitrogens with zero attached hydrogens (tertiary/aromatic N) is 1. The van der Waals surface area contributed by atoms with E-state index in [2.05, 4.69) is 32.7 Å². The van der Waals surface area contributed by atoms with Gasteiger partial charge in [-0.25, -0.2) is 0 Å². The van der Waals surface area contributed by atoms with E-state index in [-0.39, 0.29) is 0 Å². The Kier molecular flexibility index (Phi) is 7.38. The average Bonchev–Trinajstić information content (AvgIpc) is 2.38. The third kappa shape index (κ3) is 5.83. The molecule has 114 valence electrons. The quantitative estimate of drug-likeness (QED) is 0.669. The maximum Gasteiger partial charge on any atom is 0.0218 e. The van der Waals surface area contributed by atoms with E-state index in [1.54, 1.807) is 0 Å². The fraction of sp³-hybridized carbons (Fsp3) is 1.00. The van der Waals surface area contributed by atoms with Crippen molar-refractivity contribution in [2.75, 3.05) is 13.6 Å². The zero-order valence-corrected chi connectivity index (χ0v) is 13.8. The highest BCUT2D eigenvalue weighted by molar-refractivity contribution is 4.85. The normalized spacial score (nSPS) is 21.8. The van der Waals surface area contributed by atoms with Gasteiger partial charge in [0.2, 0.25) is 0 Å². The molecule has 1 unspecified atom stereocenters. The molecular formula is C17H36N2. The molecule has 2 heteroatoms. The Morgan fingerprint density at radius 3 is 2.32 bits per heavy atom. The van der Waals surface area contributed by atoms with Crippen molar-refractivity contribution in [2.24, 2.45) is 11.1 Å². The zero-order valence-electron chi connectivity index (χ0n) is 13.8. The smallest absolute Gasteiger partial charge is 0.0218 e. The van der Waals surface area contributed by atoms with Crippen molar-refractivity contribution < 1.29 is 0 Å². The van der Waals surface area contributed by atoms with Crippen molar-refractivity contribution in [1.29, 1.82) is 0 Å². The number of nitrogens with two attached hydrogens (primary N) is 1. The lowest BCUT2D eigenvalue weighted by molar-refractivity contribution is 0.0922. The van der Waals surface area contributed by atoms with Gasteiger partial charge in [-0.05, 0) is 44.6 Å². The zero-order chi connectivity index (χ0) is 14.3. The first-order valence-electron chi connectivity index (χ1n) is 8.42. The number of rotatable bonds is 8. The summed E-state index contributed by atoms with van der Waals surface area (Å²) in [7, 11) is 2.31. The number of hydrogen-bond acceptors (Lipinski definition) is 2. The molecule has 1 saturated carbocycles. The van der Waals surface area contributed by atoms with Gasteiger partial charge >= 0.3 is 0 Å². The van der Waals surface area contributed by atoms with E-state index >= 15 is 0 Å². The lowest BCUT2D eigenvalue weighted by Gasteiger charge is -2.41. The van der Waals surface area contributed by atoms with Gasteiger partial charge in [-0.15, -0.1) is 0 Å². The third-order valence-corrected chi connectivity index (χ3v) is 5.12. The van der Waals surface area contributed by atoms with Crippen LogP contribution in [0.15, 0.2) is 0 Å². The van der Waals surface area contributed by atoms with Crippen molar-refractivity contribution in [1.82, 2.24) is 4.90 Å². The topological polar surface area (TPSA) is 29.3 Å². The summed E-state index contributed by atoms with van der Waals surface area (Å²) in [6, 6.07) is 1.37. The first-order valence-corrected chi connectivity index (χ1v) is 8.42. The summed E-state index contributed by atoms with van der Waals surface area (Å²) in [6.07, 6.45) is 12.2. The molecular weight excluding hydrogens is 232 g/mol. The number of hydrogen-bond donors (Lipinski definition) is 1. The van der Waals surface area contributed by atoms with Crippen LogP contribution in [0, 0.1) is 5.41 Å². The van der Waals surface area contributed by atoms with E-state index in [1.807, 2.05) is 0 Å². The van der Waals surface area contributed by atoms with Crippen molar-refractivity contribution in [2.45, 2.75) is 90.6 Å². The molecule has 0 radical (unpaired) electrons. The van der Waals surface area contributed by atoms with Gasteiger partial charge in [-0.3, -0.25) is 4.90 Å². The molecule has 0 amide bonds. The lowest BCUT2D eigenvalue weighted by Crippen LogP contribution is -2.46. The van der Waals surface area contributed by atoms with Crippen molar-refractivity contribution >= 4 is 0 Å². The fourth-order valence-corrected chi connectivity index (χ4v) is 3.38. The summed E-state index contributed by atoms with van der Waals surface area (Å²) >= 11 is 0. The Hall–Kier alpha value is -0.0800. The van der Waals surface area contributed by atoms with Crippen LogP contribution in [-0.2, 0) is 0 Å². The van der Waals surface area contributed by atoms with E-state index in [0.717, 1.165) is 12.6 Å². The summed E-state index contributed by atoms with van der Waals surface area (Å²) in [6.45, 7) is 7.92. The molecule has 0 aliphatic heterocycles. The molecule has 0 heterocycles. The predicted molar refractivity (Wildman–Crippen MR) is 85.4 cm³/mol. The maximum absolute atomic E-state index is 6.01. The summed E-state index contributed by atoms with van der Waals surface area (Å²) in [5.74, 6) is 0. The van der Waals surface area contributed by atoms with Gasteiger partial charge in [0.15, 0.2) is 0 Å². The minimum absolute atomic E-state index is 0.566. The molecule has 0 saturated heterocycles. The van der Waals surface area contributed by atoms with Gasteiger partial charge in [-0.1, -0.05) is 46.5 Å². The summed E-state index contributed by atoms with van der Waals surface area (Å²) in [5.41, 5.74) is 6.57. The van der Waals surface area contributed by atoms with Gasteiger partial charge in [0.25, 0.3) is 0 Å². The molecule has 1 aliphatic rings. The molecule has 0 spiro atoms. The minimum Gasteiger partial charge on any atom is -0.329 e. The van der Waals surface area contributed by atoms with Crippen LogP contribution >= 0.6 is 0 Å². The first-order chi connectivity index (χ1) is 9.00. The van der Waals surface area contributed by atoms with Gasteiger partial charge in [-0.2, -0.15) is 0 Å². The first kappa shape index (κ1) is 17.0. The van der Waals surface area contributed by atoms with Crippen molar-refractivity contribution in [3.8, 4) is 0 Å². The van der Waals surface area contributed by atoms with E-state index in [1.165, 1.54) is 57.8 Å². The molecule has 0 bridgehead atoms. The van der Waals surface area contributed by atoms with Crippen LogP contribution in [0.4, 0.5) is 0 Å². The molecule has 1 atom stereocenters. The summed E-state index contributed by atoms with van der Waals surface area (Å²) < 4.78 is 0. The van der Waals surface area contributed by atoms with E-state index in [4.69, 9.17) is 5.73 Å². The highest BCUT2D eigenvalue weighted by atomic mass is 15.2. The maximum atomic E-state index is 6.01. The minimum atomic E-state index is 0.566. The van der Waals surface area contributed by atoms with Crippen LogP contribution < -0.4 is 5.73 Å². The van der Waals surface area contributed by atoms with Gasteiger partial charge in [0.05, 0.1) is 0 Å². The highest BCUT2D eigenvalue weighted by Gasteiger charge is 2.30. The molecule has 1 aliphatic carbocycles. The van der Waals surface area contributed by atoms with Gasteiger partial charge in [0.1, 0.15) is 0 Å². The van der Waals surface area contributed by atoms with Gasteiger partial charge in [0, 0.05) is 18.6 Å². The van der Waals surface area contributed by atoms with Crippen LogP contribution in [-0.4, -0.2) is 30.6 Å². The fourth-order valence-electron chi connectivity index (χ4n) is 3.38. The van der Waals surface area contributed by atoms with E-state index in [9.17, 15) is 0 Å². The lowest BCUT2D eigenvalue weighted by atomic mass is 9.75. The van der Waals surface area contributed by atoms with Crippen LogP contribution in [0.1, 0.15) is 78.6 Å². The Morgan fingerprint density at radius 1 is 1.16 bits per heavy atom. The molecule has 1 rings (SSSR count). The van der Waals surface area contributed by atoms with Crippen LogP contribution in [0.5, 0.6) is 0 Å². The second-order valence-corrected chi connectivity index (χ2v) is 7.30. The predicted octanol–water partition coefficient (Wildman–Crippen LogP) is 4.18. The second-order valence-electron chi connectivity index (χ2n) is 7.30. The third-order valence-electron chi connectivity index (χ3n) is 5.12. The molecule has 0 aromatic carbocycles. The summed E-state index contributed by atoms with van der Waals surface area (Å²) in [5, 5.41) is 0.